The highest BCUT2D eigenvalue weighted by Crippen LogP contribution is 2.31. The lowest BCUT2D eigenvalue weighted by molar-refractivity contribution is -0.135. The van der Waals surface area contributed by atoms with Gasteiger partial charge in [0.2, 0.25) is 17.7 Å². The highest BCUT2D eigenvalue weighted by molar-refractivity contribution is 6.01. The Bertz CT molecular complexity index is 1180. The molecule has 0 aromatic heterocycles. The molecule has 3 aliphatic rings. The van der Waals surface area contributed by atoms with Gasteiger partial charge in [0.1, 0.15) is 17.9 Å². The first-order chi connectivity index (χ1) is 18.9. The average Bonchev–Trinajstić information content (AvgIpc) is 2.94. The molecule has 208 valence electrons. The largest absolute Gasteiger partial charge is 0.490 e. The molecule has 3 heterocycles. The van der Waals surface area contributed by atoms with E-state index in [0.717, 1.165) is 63.3 Å². The Kier molecular flexibility index (Phi) is 8.50. The molecule has 0 spiro atoms. The number of nitrogens with one attached hydrogen (secondary N) is 1. The van der Waals surface area contributed by atoms with Crippen LogP contribution in [0.3, 0.4) is 0 Å². The van der Waals surface area contributed by atoms with E-state index in [1.807, 2.05) is 35.0 Å². The number of likely N-dealkylation sites (N-methyl/N-ethyl adjacent to an activating group) is 1. The van der Waals surface area contributed by atoms with Crippen molar-refractivity contribution in [2.45, 2.75) is 63.5 Å². The molecule has 3 amide bonds. The van der Waals surface area contributed by atoms with Crippen LogP contribution in [0.1, 0.15) is 55.6 Å². The van der Waals surface area contributed by atoms with E-state index in [4.69, 9.17) is 4.74 Å². The minimum Gasteiger partial charge on any atom is -0.490 e. The van der Waals surface area contributed by atoms with Gasteiger partial charge in [0.05, 0.1) is 6.54 Å². The molecule has 0 aliphatic carbocycles. The van der Waals surface area contributed by atoms with Gasteiger partial charge >= 0.3 is 0 Å². The number of likely N-dealkylation sites (tertiary alicyclic amines) is 2. The van der Waals surface area contributed by atoms with E-state index >= 15 is 0 Å². The van der Waals surface area contributed by atoms with Gasteiger partial charge in [0.15, 0.2) is 0 Å². The highest BCUT2D eigenvalue weighted by Gasteiger charge is 2.31. The maximum absolute atomic E-state index is 13.0. The molecule has 0 saturated carbocycles. The van der Waals surface area contributed by atoms with Crippen LogP contribution in [-0.2, 0) is 14.4 Å². The third kappa shape index (κ3) is 6.79. The first-order valence-corrected chi connectivity index (χ1v) is 14.3. The van der Waals surface area contributed by atoms with Gasteiger partial charge in [-0.2, -0.15) is 0 Å². The minimum atomic E-state index is -0.329. The number of carbonyl (C=O) groups excluding carboxylic acids is 3. The van der Waals surface area contributed by atoms with Crippen LogP contribution < -0.4 is 15.0 Å². The first-order valence-electron chi connectivity index (χ1n) is 14.3. The SMILES string of the molecule is Cc1cccc(OC2CCN(C(=O)CN3CCC(c4cccc(N(C)C5CCC(=O)NC5=O)c4)CC3)CC2)c1. The van der Waals surface area contributed by atoms with E-state index in [2.05, 4.69) is 47.5 Å². The van der Waals surface area contributed by atoms with Gasteiger partial charge in [-0.1, -0.05) is 24.3 Å². The third-order valence-electron chi connectivity index (χ3n) is 8.46. The number of ether oxygens (including phenoxy) is 1. The fraction of sp³-hybridized carbons (Fsp3) is 0.516. The Morgan fingerprint density at radius 3 is 2.44 bits per heavy atom. The quantitative estimate of drug-likeness (QED) is 0.550. The van der Waals surface area contributed by atoms with Crippen LogP contribution in [0.2, 0.25) is 0 Å². The standard InChI is InChI=1S/C31H40N4O4/c1-22-5-3-8-27(19-22)39-26-13-17-35(18-14-26)30(37)21-34-15-11-23(12-16-34)24-6-4-7-25(20-24)33(2)28-9-10-29(36)32-31(28)38/h3-8,19-20,23,26,28H,9-18,21H2,1-2H3,(H,32,36,38). The van der Waals surface area contributed by atoms with Crippen molar-refractivity contribution in [2.24, 2.45) is 0 Å². The van der Waals surface area contributed by atoms with Crippen LogP contribution in [0, 0.1) is 6.92 Å². The Labute approximate surface area is 231 Å². The van der Waals surface area contributed by atoms with E-state index in [0.29, 0.717) is 25.3 Å². The number of anilines is 1. The first kappa shape index (κ1) is 27.2. The Balaban J connectivity index is 1.07. The number of aryl methyl sites for hydroxylation is 1. The van der Waals surface area contributed by atoms with Crippen LogP contribution in [0.15, 0.2) is 48.5 Å². The Hall–Kier alpha value is -3.39. The van der Waals surface area contributed by atoms with Crippen molar-refractivity contribution in [3.05, 3.63) is 59.7 Å². The van der Waals surface area contributed by atoms with Crippen LogP contribution in [0.5, 0.6) is 5.75 Å². The number of nitrogens with zero attached hydrogens (tertiary/aromatic N) is 3. The van der Waals surface area contributed by atoms with E-state index < -0.39 is 0 Å². The molecule has 3 saturated heterocycles. The van der Waals surface area contributed by atoms with Gasteiger partial charge in [0.25, 0.3) is 0 Å². The highest BCUT2D eigenvalue weighted by atomic mass is 16.5. The number of benzene rings is 2. The van der Waals surface area contributed by atoms with Crippen molar-refractivity contribution in [3.8, 4) is 5.75 Å². The van der Waals surface area contributed by atoms with Crippen LogP contribution in [-0.4, -0.2) is 79.4 Å². The predicted octanol–water partition coefficient (Wildman–Crippen LogP) is 3.49. The lowest BCUT2D eigenvalue weighted by Crippen LogP contribution is -2.51. The molecule has 1 unspecified atom stereocenters. The maximum atomic E-state index is 13.0. The minimum absolute atomic E-state index is 0.163. The summed E-state index contributed by atoms with van der Waals surface area (Å²) < 4.78 is 6.15. The molecule has 39 heavy (non-hydrogen) atoms. The number of hydrogen-bond acceptors (Lipinski definition) is 6. The van der Waals surface area contributed by atoms with Gasteiger partial charge in [0, 0.05) is 45.1 Å². The third-order valence-corrected chi connectivity index (χ3v) is 8.46. The molecular formula is C31H40N4O4. The number of piperidine rings is 3. The average molecular weight is 533 g/mol. The summed E-state index contributed by atoms with van der Waals surface area (Å²) in [7, 11) is 1.92. The smallest absolute Gasteiger partial charge is 0.249 e. The zero-order valence-electron chi connectivity index (χ0n) is 23.1. The van der Waals surface area contributed by atoms with E-state index in [9.17, 15) is 14.4 Å². The van der Waals surface area contributed by atoms with Crippen LogP contribution >= 0.6 is 0 Å². The molecule has 0 radical (unpaired) electrons. The van der Waals surface area contributed by atoms with Crippen molar-refractivity contribution in [3.63, 3.8) is 0 Å². The molecule has 8 nitrogen and oxygen atoms in total. The number of imide groups is 1. The molecule has 1 atom stereocenters. The summed E-state index contributed by atoms with van der Waals surface area (Å²) in [6.45, 7) is 5.84. The van der Waals surface area contributed by atoms with Gasteiger partial charge in [-0.05, 0) is 80.6 Å². The summed E-state index contributed by atoms with van der Waals surface area (Å²) >= 11 is 0. The molecule has 0 bridgehead atoms. The van der Waals surface area contributed by atoms with E-state index in [1.165, 1.54) is 11.1 Å². The second kappa shape index (κ2) is 12.2. The normalized spacial score (nSPS) is 21.5. The number of amides is 3. The summed E-state index contributed by atoms with van der Waals surface area (Å²) in [5.74, 6) is 1.15. The van der Waals surface area contributed by atoms with Crippen molar-refractivity contribution >= 4 is 23.4 Å². The number of hydrogen-bond donors (Lipinski definition) is 1. The molecule has 2 aromatic rings. The van der Waals surface area contributed by atoms with Crippen LogP contribution in [0.4, 0.5) is 5.69 Å². The molecule has 2 aromatic carbocycles. The van der Waals surface area contributed by atoms with E-state index in [1.54, 1.807) is 0 Å². The molecular weight excluding hydrogens is 492 g/mol. The second-order valence-electron chi connectivity index (χ2n) is 11.2. The van der Waals surface area contributed by atoms with Crippen molar-refractivity contribution in [1.82, 2.24) is 15.1 Å². The molecule has 3 fully saturated rings. The number of carbonyl (C=O) groups is 3. The summed E-state index contributed by atoms with van der Waals surface area (Å²) in [5.41, 5.74) is 3.46. The Morgan fingerprint density at radius 2 is 1.72 bits per heavy atom. The maximum Gasteiger partial charge on any atom is 0.249 e. The molecule has 1 N–H and O–H groups in total. The van der Waals surface area contributed by atoms with Gasteiger partial charge in [-0.3, -0.25) is 24.6 Å². The molecule has 3 aliphatic heterocycles. The zero-order valence-corrected chi connectivity index (χ0v) is 23.1. The fourth-order valence-electron chi connectivity index (χ4n) is 6.05. The summed E-state index contributed by atoms with van der Waals surface area (Å²) in [6, 6.07) is 16.2. The lowest BCUT2D eigenvalue weighted by Gasteiger charge is -2.36. The lowest BCUT2D eigenvalue weighted by atomic mass is 9.89. The fourth-order valence-corrected chi connectivity index (χ4v) is 6.05. The van der Waals surface area contributed by atoms with Crippen molar-refractivity contribution in [1.29, 1.82) is 0 Å². The second-order valence-corrected chi connectivity index (χ2v) is 11.2. The summed E-state index contributed by atoms with van der Waals surface area (Å²) in [4.78, 5) is 43.1. The molecule has 8 heteroatoms. The number of rotatable bonds is 7. The topological polar surface area (TPSA) is 82.2 Å². The van der Waals surface area contributed by atoms with Gasteiger partial charge < -0.3 is 14.5 Å². The van der Waals surface area contributed by atoms with Crippen molar-refractivity contribution in [2.75, 3.05) is 44.7 Å². The van der Waals surface area contributed by atoms with Crippen LogP contribution in [0.25, 0.3) is 0 Å². The Morgan fingerprint density at radius 1 is 0.974 bits per heavy atom. The predicted molar refractivity (Wildman–Crippen MR) is 151 cm³/mol. The van der Waals surface area contributed by atoms with Gasteiger partial charge in [-0.15, -0.1) is 0 Å². The van der Waals surface area contributed by atoms with Crippen molar-refractivity contribution < 1.29 is 19.1 Å². The molecule has 5 rings (SSSR count). The summed E-state index contributed by atoms with van der Waals surface area (Å²) in [5, 5.41) is 2.45. The van der Waals surface area contributed by atoms with Gasteiger partial charge in [-0.25, -0.2) is 0 Å². The zero-order chi connectivity index (χ0) is 27.4. The summed E-state index contributed by atoms with van der Waals surface area (Å²) in [6.07, 6.45) is 4.82. The monoisotopic (exact) mass is 532 g/mol. The van der Waals surface area contributed by atoms with E-state index in [-0.39, 0.29) is 29.9 Å².